The van der Waals surface area contributed by atoms with Crippen molar-refractivity contribution in [2.75, 3.05) is 5.32 Å². The highest BCUT2D eigenvalue weighted by Gasteiger charge is 2.41. The Balaban J connectivity index is 1.93. The fourth-order valence-corrected chi connectivity index (χ4v) is 3.35. The molecule has 0 unspecified atom stereocenters. The number of esters is 2. The van der Waals surface area contributed by atoms with Crippen molar-refractivity contribution in [2.24, 2.45) is 0 Å². The molecule has 0 bridgehead atoms. The number of carboxylic acids is 1. The molecule has 0 radical (unpaired) electrons. The lowest BCUT2D eigenvalue weighted by molar-refractivity contribution is -0.157. The lowest BCUT2D eigenvalue weighted by Crippen LogP contribution is -2.48. The van der Waals surface area contributed by atoms with Gasteiger partial charge in [0.15, 0.2) is 0 Å². The molecule has 0 aromatic heterocycles. The van der Waals surface area contributed by atoms with Gasteiger partial charge in [0.05, 0.1) is 21.8 Å². The van der Waals surface area contributed by atoms with Crippen LogP contribution in [-0.4, -0.2) is 41.1 Å². The lowest BCUT2D eigenvalue weighted by Gasteiger charge is -2.24. The third kappa shape index (κ3) is 6.68. The maximum absolute atomic E-state index is 13.1. The number of anilines is 1. The molecular weight excluding hydrogens is 474 g/mol. The molecule has 180 valence electrons. The minimum absolute atomic E-state index is 0.0755. The number of hydrogen-bond donors (Lipinski definition) is 2. The third-order valence-electron chi connectivity index (χ3n) is 4.88. The van der Waals surface area contributed by atoms with Crippen LogP contribution in [0.1, 0.15) is 31.8 Å². The maximum Gasteiger partial charge on any atom is 0.349 e. The number of carbonyl (C=O) groups is 4. The van der Waals surface area contributed by atoms with Gasteiger partial charge in [-0.1, -0.05) is 59.1 Å². The van der Waals surface area contributed by atoms with Crippen molar-refractivity contribution in [3.63, 3.8) is 0 Å². The van der Waals surface area contributed by atoms with E-state index in [9.17, 15) is 24.3 Å². The van der Waals surface area contributed by atoms with E-state index in [0.717, 1.165) is 11.1 Å². The molecule has 0 saturated heterocycles. The van der Waals surface area contributed by atoms with Crippen LogP contribution >= 0.6 is 11.6 Å². The Kier molecular flexibility index (Phi) is 8.22. The van der Waals surface area contributed by atoms with Gasteiger partial charge in [0.2, 0.25) is 12.2 Å². The molecule has 3 aromatic carbocycles. The van der Waals surface area contributed by atoms with Gasteiger partial charge in [-0.3, -0.25) is 4.79 Å². The van der Waals surface area contributed by atoms with Crippen molar-refractivity contribution in [3.05, 3.63) is 100 Å². The number of rotatable bonds is 8. The monoisotopic (exact) mass is 495 g/mol. The van der Waals surface area contributed by atoms with Gasteiger partial charge in [0.1, 0.15) is 0 Å². The van der Waals surface area contributed by atoms with E-state index >= 15 is 0 Å². The van der Waals surface area contributed by atoms with Crippen molar-refractivity contribution in [1.29, 1.82) is 0 Å². The second kappa shape index (κ2) is 11.3. The fraction of sp³-hybridized carbons (Fsp3) is 0.154. The van der Waals surface area contributed by atoms with Crippen molar-refractivity contribution < 1.29 is 33.8 Å². The molecule has 2 N–H and O–H groups in total. The smallest absolute Gasteiger partial charge is 0.349 e. The molecule has 0 aliphatic carbocycles. The zero-order valence-corrected chi connectivity index (χ0v) is 19.6. The van der Waals surface area contributed by atoms with Crippen LogP contribution in [0.4, 0.5) is 5.69 Å². The molecule has 35 heavy (non-hydrogen) atoms. The van der Waals surface area contributed by atoms with Crippen molar-refractivity contribution in [2.45, 2.75) is 26.1 Å². The molecule has 0 saturated carbocycles. The summed E-state index contributed by atoms with van der Waals surface area (Å²) in [6.45, 7) is 3.50. The summed E-state index contributed by atoms with van der Waals surface area (Å²) in [4.78, 5) is 50.7. The predicted molar refractivity (Wildman–Crippen MR) is 128 cm³/mol. The molecule has 8 nitrogen and oxygen atoms in total. The Bertz CT molecular complexity index is 1270. The summed E-state index contributed by atoms with van der Waals surface area (Å²) >= 11 is 6.09. The zero-order chi connectivity index (χ0) is 25.5. The summed E-state index contributed by atoms with van der Waals surface area (Å²) in [5.41, 5.74) is 1.81. The normalized spacial score (nSPS) is 12.2. The Hall–Kier alpha value is -4.17. The number of amides is 1. The summed E-state index contributed by atoms with van der Waals surface area (Å²) in [7, 11) is 0. The van der Waals surface area contributed by atoms with Gasteiger partial charge in [0.25, 0.3) is 5.91 Å². The molecule has 0 heterocycles. The number of halogens is 1. The van der Waals surface area contributed by atoms with E-state index in [1.54, 1.807) is 50.2 Å². The van der Waals surface area contributed by atoms with Crippen LogP contribution in [-0.2, 0) is 19.1 Å². The SMILES string of the molecule is Cc1cccc(C(=O)O[C@H](C(=O)O)[C@H](OC(=O)c2cccc(C)c2)C(=O)Nc2ccccc2Cl)c1. The summed E-state index contributed by atoms with van der Waals surface area (Å²) in [5, 5.41) is 12.4. The Morgan fingerprint density at radius 1 is 0.771 bits per heavy atom. The number of para-hydroxylation sites is 1. The highest BCUT2D eigenvalue weighted by molar-refractivity contribution is 6.33. The summed E-state index contributed by atoms with van der Waals surface area (Å²) in [6.07, 6.45) is -4.16. The molecule has 1 amide bonds. The van der Waals surface area contributed by atoms with E-state index in [-0.39, 0.29) is 21.8 Å². The number of ether oxygens (including phenoxy) is 2. The summed E-state index contributed by atoms with van der Waals surface area (Å²) in [6, 6.07) is 18.8. The van der Waals surface area contributed by atoms with Gasteiger partial charge in [0, 0.05) is 0 Å². The first-order valence-electron chi connectivity index (χ1n) is 10.5. The molecule has 0 aliphatic rings. The van der Waals surface area contributed by atoms with Crippen LogP contribution in [0.2, 0.25) is 5.02 Å². The van der Waals surface area contributed by atoms with E-state index in [2.05, 4.69) is 5.32 Å². The number of hydrogen-bond acceptors (Lipinski definition) is 6. The van der Waals surface area contributed by atoms with Gasteiger partial charge in [-0.15, -0.1) is 0 Å². The third-order valence-corrected chi connectivity index (χ3v) is 5.21. The van der Waals surface area contributed by atoms with Gasteiger partial charge in [-0.05, 0) is 50.2 Å². The van der Waals surface area contributed by atoms with Crippen LogP contribution in [0.25, 0.3) is 0 Å². The number of benzene rings is 3. The van der Waals surface area contributed by atoms with Gasteiger partial charge >= 0.3 is 17.9 Å². The van der Waals surface area contributed by atoms with Crippen LogP contribution in [0.3, 0.4) is 0 Å². The van der Waals surface area contributed by atoms with E-state index in [1.807, 2.05) is 0 Å². The molecule has 0 aliphatic heterocycles. The van der Waals surface area contributed by atoms with Crippen LogP contribution in [0.5, 0.6) is 0 Å². The molecule has 3 aromatic rings. The quantitative estimate of drug-likeness (QED) is 0.443. The topological polar surface area (TPSA) is 119 Å². The number of carboxylic acid groups (broad SMARTS) is 1. The van der Waals surface area contributed by atoms with Gasteiger partial charge < -0.3 is 19.9 Å². The van der Waals surface area contributed by atoms with E-state index in [4.69, 9.17) is 21.1 Å². The summed E-state index contributed by atoms with van der Waals surface area (Å²) in [5.74, 6) is -4.68. The standard InChI is InChI=1S/C26H22ClNO7/c1-15-7-5-9-17(13-15)25(32)34-21(23(29)28-20-12-4-3-11-19(20)27)22(24(30)31)35-26(33)18-10-6-8-16(2)14-18/h3-14,21-22H,1-2H3,(H,28,29)(H,30,31)/t21-,22-/m0/s1. The average molecular weight is 496 g/mol. The van der Waals surface area contributed by atoms with Gasteiger partial charge in [-0.25, -0.2) is 14.4 Å². The molecule has 0 fully saturated rings. The number of aliphatic carboxylic acids is 1. The van der Waals surface area contributed by atoms with Crippen molar-refractivity contribution in [1.82, 2.24) is 0 Å². The first-order chi connectivity index (χ1) is 16.7. The second-order valence-corrected chi connectivity index (χ2v) is 8.11. The number of carbonyl (C=O) groups excluding carboxylic acids is 3. The molecular formula is C26H22ClNO7. The Morgan fingerprint density at radius 3 is 1.77 bits per heavy atom. The van der Waals surface area contributed by atoms with Crippen molar-refractivity contribution in [3.8, 4) is 0 Å². The zero-order valence-electron chi connectivity index (χ0n) is 18.9. The number of nitrogens with one attached hydrogen (secondary N) is 1. The molecule has 3 rings (SSSR count). The Labute approximate surface area is 206 Å². The predicted octanol–water partition coefficient (Wildman–Crippen LogP) is 4.43. The minimum Gasteiger partial charge on any atom is -0.478 e. The molecule has 2 atom stereocenters. The average Bonchev–Trinajstić information content (AvgIpc) is 2.82. The van der Waals surface area contributed by atoms with E-state index in [0.29, 0.717) is 0 Å². The van der Waals surface area contributed by atoms with Crippen LogP contribution in [0, 0.1) is 13.8 Å². The van der Waals surface area contributed by atoms with E-state index in [1.165, 1.54) is 36.4 Å². The maximum atomic E-state index is 13.1. The van der Waals surface area contributed by atoms with Crippen LogP contribution in [0.15, 0.2) is 72.8 Å². The van der Waals surface area contributed by atoms with E-state index < -0.39 is 36.0 Å². The minimum atomic E-state index is -2.14. The Morgan fingerprint density at radius 2 is 1.29 bits per heavy atom. The highest BCUT2D eigenvalue weighted by atomic mass is 35.5. The summed E-state index contributed by atoms with van der Waals surface area (Å²) < 4.78 is 10.5. The number of aryl methyl sites for hydroxylation is 2. The largest absolute Gasteiger partial charge is 0.478 e. The first kappa shape index (κ1) is 25.5. The van der Waals surface area contributed by atoms with Gasteiger partial charge in [-0.2, -0.15) is 0 Å². The van der Waals surface area contributed by atoms with Crippen LogP contribution < -0.4 is 5.32 Å². The molecule has 0 spiro atoms. The molecule has 9 heteroatoms. The van der Waals surface area contributed by atoms with Crippen molar-refractivity contribution >= 4 is 41.1 Å². The highest BCUT2D eigenvalue weighted by Crippen LogP contribution is 2.22. The fourth-order valence-electron chi connectivity index (χ4n) is 3.17. The first-order valence-corrected chi connectivity index (χ1v) is 10.9. The second-order valence-electron chi connectivity index (χ2n) is 7.70. The lowest BCUT2D eigenvalue weighted by atomic mass is 10.1.